The third kappa shape index (κ3) is 2.46. The molecule has 0 atom stereocenters. The number of rotatable bonds is 5. The predicted molar refractivity (Wildman–Crippen MR) is 76.7 cm³/mol. The Hall–Kier alpha value is -2.09. The van der Waals surface area contributed by atoms with Crippen LogP contribution in [0, 0.1) is 0 Å². The molecule has 7 nitrogen and oxygen atoms in total. The van der Waals surface area contributed by atoms with E-state index in [1.165, 1.54) is 0 Å². The van der Waals surface area contributed by atoms with E-state index < -0.39 is 0 Å². The monoisotopic (exact) mass is 290 g/mol. The fourth-order valence-electron chi connectivity index (χ4n) is 2.06. The normalized spacial score (nSPS) is 11.2. The Balaban J connectivity index is 1.64. The van der Waals surface area contributed by atoms with Crippen LogP contribution in [0.4, 0.5) is 0 Å². The van der Waals surface area contributed by atoms with Crippen molar-refractivity contribution in [1.82, 2.24) is 29.8 Å². The molecular weight excluding hydrogens is 276 g/mol. The van der Waals surface area contributed by atoms with Crippen LogP contribution >= 0.6 is 11.8 Å². The molecule has 3 rings (SSSR count). The molecule has 1 N–H and O–H groups in total. The Morgan fingerprint density at radius 1 is 1.35 bits per heavy atom. The van der Waals surface area contributed by atoms with Gasteiger partial charge in [-0.2, -0.15) is 0 Å². The van der Waals surface area contributed by atoms with Crippen LogP contribution in [0.15, 0.2) is 34.2 Å². The van der Waals surface area contributed by atoms with Crippen molar-refractivity contribution in [2.75, 3.05) is 5.75 Å². The Labute approximate surface area is 119 Å². The van der Waals surface area contributed by atoms with Crippen molar-refractivity contribution in [2.24, 2.45) is 7.05 Å². The Morgan fingerprint density at radius 2 is 2.20 bits per heavy atom. The predicted octanol–water partition coefficient (Wildman–Crippen LogP) is 1.04. The quantitative estimate of drug-likeness (QED) is 0.561. The lowest BCUT2D eigenvalue weighted by molar-refractivity contribution is 0.659. The molecule has 0 saturated heterocycles. The standard InChI is InChI=1S/C12H14N6OS/c1-17-12(14-15-16-17)20-8-4-7-18-10-6-3-2-5-9(10)13-11(18)19/h2-3,5-6H,4,7-8H2,1H3,(H,13,19). The lowest BCUT2D eigenvalue weighted by atomic mass is 10.3. The van der Waals surface area contributed by atoms with E-state index in [1.807, 2.05) is 31.3 Å². The molecule has 0 bridgehead atoms. The second kappa shape index (κ2) is 5.49. The van der Waals surface area contributed by atoms with Crippen LogP contribution < -0.4 is 5.69 Å². The van der Waals surface area contributed by atoms with E-state index in [2.05, 4.69) is 20.5 Å². The van der Waals surface area contributed by atoms with Gasteiger partial charge in [-0.1, -0.05) is 23.9 Å². The van der Waals surface area contributed by atoms with Crippen molar-refractivity contribution in [1.29, 1.82) is 0 Å². The Kier molecular flexibility index (Phi) is 3.55. The molecule has 104 valence electrons. The average Bonchev–Trinajstić information content (AvgIpc) is 2.98. The summed E-state index contributed by atoms with van der Waals surface area (Å²) >= 11 is 1.59. The van der Waals surface area contributed by atoms with Gasteiger partial charge in [0, 0.05) is 19.3 Å². The highest BCUT2D eigenvalue weighted by atomic mass is 32.2. The number of nitrogens with zero attached hydrogens (tertiary/aromatic N) is 5. The van der Waals surface area contributed by atoms with Crippen LogP contribution in [-0.4, -0.2) is 35.5 Å². The molecule has 8 heteroatoms. The van der Waals surface area contributed by atoms with Gasteiger partial charge < -0.3 is 4.98 Å². The summed E-state index contributed by atoms with van der Waals surface area (Å²) in [6.07, 6.45) is 0.874. The van der Waals surface area contributed by atoms with E-state index >= 15 is 0 Å². The van der Waals surface area contributed by atoms with E-state index in [0.717, 1.165) is 28.4 Å². The second-order valence-electron chi connectivity index (χ2n) is 4.39. The summed E-state index contributed by atoms with van der Waals surface area (Å²) in [5.74, 6) is 0.861. The smallest absolute Gasteiger partial charge is 0.306 e. The molecule has 0 amide bonds. The van der Waals surface area contributed by atoms with Gasteiger partial charge in [0.25, 0.3) is 0 Å². The van der Waals surface area contributed by atoms with Crippen molar-refractivity contribution < 1.29 is 0 Å². The largest absolute Gasteiger partial charge is 0.326 e. The summed E-state index contributed by atoms with van der Waals surface area (Å²) in [4.78, 5) is 14.7. The molecule has 0 spiro atoms. The summed E-state index contributed by atoms with van der Waals surface area (Å²) in [6, 6.07) is 7.71. The molecule has 1 aromatic carbocycles. The zero-order chi connectivity index (χ0) is 13.9. The maximum Gasteiger partial charge on any atom is 0.326 e. The van der Waals surface area contributed by atoms with Gasteiger partial charge in [-0.25, -0.2) is 9.48 Å². The maximum absolute atomic E-state index is 11.9. The number of aromatic amines is 1. The highest BCUT2D eigenvalue weighted by Gasteiger charge is 2.06. The number of para-hydroxylation sites is 2. The van der Waals surface area contributed by atoms with Crippen molar-refractivity contribution >= 4 is 22.8 Å². The number of H-pyrrole nitrogens is 1. The number of thioether (sulfide) groups is 1. The third-order valence-electron chi connectivity index (χ3n) is 3.02. The van der Waals surface area contributed by atoms with Crippen LogP contribution in [0.5, 0.6) is 0 Å². The first-order valence-electron chi connectivity index (χ1n) is 6.28. The molecule has 0 aliphatic carbocycles. The summed E-state index contributed by atoms with van der Waals surface area (Å²) in [5, 5.41) is 12.1. The van der Waals surface area contributed by atoms with Crippen molar-refractivity contribution in [3.63, 3.8) is 0 Å². The minimum absolute atomic E-state index is 0.0588. The van der Waals surface area contributed by atoms with Crippen molar-refractivity contribution in [3.05, 3.63) is 34.7 Å². The first-order chi connectivity index (χ1) is 9.75. The zero-order valence-electron chi connectivity index (χ0n) is 11.0. The van der Waals surface area contributed by atoms with Gasteiger partial charge in [-0.3, -0.25) is 4.57 Å². The third-order valence-corrected chi connectivity index (χ3v) is 4.12. The number of fused-ring (bicyclic) bond motifs is 1. The van der Waals surface area contributed by atoms with Gasteiger partial charge in [-0.15, -0.1) is 5.10 Å². The molecule has 0 radical (unpaired) electrons. The van der Waals surface area contributed by atoms with E-state index in [1.54, 1.807) is 21.0 Å². The fraction of sp³-hybridized carbons (Fsp3) is 0.333. The van der Waals surface area contributed by atoms with Gasteiger partial charge in [0.15, 0.2) is 0 Å². The fourth-order valence-corrected chi connectivity index (χ4v) is 2.83. The van der Waals surface area contributed by atoms with Crippen LogP contribution in [0.2, 0.25) is 0 Å². The van der Waals surface area contributed by atoms with E-state index in [9.17, 15) is 4.79 Å². The molecule has 2 heterocycles. The number of hydrogen-bond acceptors (Lipinski definition) is 5. The van der Waals surface area contributed by atoms with Crippen LogP contribution in [-0.2, 0) is 13.6 Å². The lowest BCUT2D eigenvalue weighted by Gasteiger charge is -2.02. The number of hydrogen-bond donors (Lipinski definition) is 1. The maximum atomic E-state index is 11.9. The first kappa shape index (κ1) is 12.9. The van der Waals surface area contributed by atoms with Gasteiger partial charge >= 0.3 is 5.69 Å². The Bertz CT molecular complexity index is 773. The number of imidazole rings is 1. The zero-order valence-corrected chi connectivity index (χ0v) is 11.8. The number of tetrazole rings is 1. The van der Waals surface area contributed by atoms with Crippen molar-refractivity contribution in [3.8, 4) is 0 Å². The molecule has 0 aliphatic rings. The van der Waals surface area contributed by atoms with Crippen molar-refractivity contribution in [2.45, 2.75) is 18.1 Å². The molecule has 0 fully saturated rings. The topological polar surface area (TPSA) is 81.4 Å². The molecule has 3 aromatic rings. The number of aryl methyl sites for hydroxylation is 2. The van der Waals surface area contributed by atoms with Crippen LogP contribution in [0.25, 0.3) is 11.0 Å². The minimum atomic E-state index is -0.0588. The SMILES string of the molecule is Cn1nnnc1SCCCn1c(=O)[nH]c2ccccc21. The van der Waals surface area contributed by atoms with E-state index in [4.69, 9.17) is 0 Å². The van der Waals surface area contributed by atoms with E-state index in [-0.39, 0.29) is 5.69 Å². The number of benzene rings is 1. The molecular formula is C12H14N6OS. The number of aromatic nitrogens is 6. The summed E-state index contributed by atoms with van der Waals surface area (Å²) in [7, 11) is 1.81. The highest BCUT2D eigenvalue weighted by Crippen LogP contribution is 2.15. The van der Waals surface area contributed by atoms with E-state index in [0.29, 0.717) is 6.54 Å². The van der Waals surface area contributed by atoms with Crippen LogP contribution in [0.3, 0.4) is 0 Å². The highest BCUT2D eigenvalue weighted by molar-refractivity contribution is 7.99. The summed E-state index contributed by atoms with van der Waals surface area (Å²) in [5.41, 5.74) is 1.77. The Morgan fingerprint density at radius 3 is 3.00 bits per heavy atom. The second-order valence-corrected chi connectivity index (χ2v) is 5.45. The van der Waals surface area contributed by atoms with Gasteiger partial charge in [-0.05, 0) is 29.0 Å². The van der Waals surface area contributed by atoms with Gasteiger partial charge in [0.05, 0.1) is 11.0 Å². The minimum Gasteiger partial charge on any atom is -0.306 e. The lowest BCUT2D eigenvalue weighted by Crippen LogP contribution is -2.17. The molecule has 0 unspecified atom stereocenters. The number of nitrogens with one attached hydrogen (secondary N) is 1. The van der Waals surface area contributed by atoms with Gasteiger partial charge in [0.1, 0.15) is 0 Å². The molecule has 0 saturated carbocycles. The molecule has 0 aliphatic heterocycles. The molecule has 2 aromatic heterocycles. The summed E-state index contributed by atoms with van der Waals surface area (Å²) in [6.45, 7) is 0.682. The van der Waals surface area contributed by atoms with Gasteiger partial charge in [0.2, 0.25) is 5.16 Å². The summed E-state index contributed by atoms with van der Waals surface area (Å²) < 4.78 is 3.41. The first-order valence-corrected chi connectivity index (χ1v) is 7.27. The average molecular weight is 290 g/mol. The van der Waals surface area contributed by atoms with Crippen LogP contribution in [0.1, 0.15) is 6.42 Å². The molecule has 20 heavy (non-hydrogen) atoms.